The van der Waals surface area contributed by atoms with Gasteiger partial charge in [-0.2, -0.15) is 0 Å². The van der Waals surface area contributed by atoms with Gasteiger partial charge in [0.1, 0.15) is 12.4 Å². The summed E-state index contributed by atoms with van der Waals surface area (Å²) in [5.74, 6) is 0.138. The molecule has 0 aliphatic carbocycles. The molecule has 162 valence electrons. The van der Waals surface area contributed by atoms with E-state index in [1.165, 1.54) is 6.07 Å². The van der Waals surface area contributed by atoms with Crippen LogP contribution in [0.2, 0.25) is 5.02 Å². The van der Waals surface area contributed by atoms with Crippen molar-refractivity contribution in [3.8, 4) is 5.75 Å². The Kier molecular flexibility index (Phi) is 7.20. The Balaban J connectivity index is 1.66. The van der Waals surface area contributed by atoms with Crippen molar-refractivity contribution in [2.45, 2.75) is 18.7 Å². The molecule has 0 radical (unpaired) electrons. The molecule has 0 aliphatic heterocycles. The molecule has 0 aromatic heterocycles. The summed E-state index contributed by atoms with van der Waals surface area (Å²) in [6.45, 7) is 4.02. The summed E-state index contributed by atoms with van der Waals surface area (Å²) in [5, 5.41) is 3.21. The molecule has 0 unspecified atom stereocenters. The van der Waals surface area contributed by atoms with Crippen LogP contribution in [0.1, 0.15) is 21.5 Å². The fourth-order valence-electron chi connectivity index (χ4n) is 2.94. The van der Waals surface area contributed by atoms with Crippen molar-refractivity contribution in [2.75, 3.05) is 17.9 Å². The lowest BCUT2D eigenvalue weighted by Crippen LogP contribution is -2.28. The summed E-state index contributed by atoms with van der Waals surface area (Å²) in [5.41, 5.74) is 2.18. The van der Waals surface area contributed by atoms with Crippen molar-refractivity contribution >= 4 is 33.2 Å². The number of carbonyl (C=O) groups is 1. The number of para-hydroxylation sites is 1. The number of benzene rings is 3. The third-order valence-corrected chi connectivity index (χ3v) is 6.33. The molecule has 0 fully saturated rings. The van der Waals surface area contributed by atoms with Gasteiger partial charge in [0.05, 0.1) is 16.5 Å². The lowest BCUT2D eigenvalue weighted by molar-refractivity contribution is 0.0947. The molecule has 31 heavy (non-hydrogen) atoms. The van der Waals surface area contributed by atoms with E-state index in [0.717, 1.165) is 5.56 Å². The molecule has 0 saturated carbocycles. The molecule has 2 N–H and O–H groups in total. The molecule has 0 bridgehead atoms. The third-order valence-electron chi connectivity index (χ3n) is 4.49. The first-order valence-electron chi connectivity index (χ1n) is 9.62. The van der Waals surface area contributed by atoms with Gasteiger partial charge in [0.15, 0.2) is 0 Å². The molecule has 8 heteroatoms. The second-order valence-electron chi connectivity index (χ2n) is 6.99. The first-order chi connectivity index (χ1) is 14.8. The standard InChI is InChI=1S/C23H23ClN2O4S/c1-16-6-5-7-19(14-16)26-31(28,29)22-15-18(11-10-17(22)2)23(27)25-12-13-30-21-9-4-3-8-20(21)24/h3-11,14-15,26H,12-13H2,1-2H3,(H,25,27). The predicted octanol–water partition coefficient (Wildman–Crippen LogP) is 4.57. The lowest BCUT2D eigenvalue weighted by Gasteiger charge is -2.13. The van der Waals surface area contributed by atoms with Crippen molar-refractivity contribution in [3.05, 3.63) is 88.4 Å². The molecule has 0 spiro atoms. The monoisotopic (exact) mass is 458 g/mol. The minimum absolute atomic E-state index is 0.0500. The molecule has 6 nitrogen and oxygen atoms in total. The maximum Gasteiger partial charge on any atom is 0.262 e. The molecule has 0 atom stereocenters. The van der Waals surface area contributed by atoms with Crippen LogP contribution < -0.4 is 14.8 Å². The summed E-state index contributed by atoms with van der Waals surface area (Å²) >= 11 is 6.03. The highest BCUT2D eigenvalue weighted by atomic mass is 35.5. The maximum absolute atomic E-state index is 12.9. The van der Waals surface area contributed by atoms with Gasteiger partial charge in [-0.15, -0.1) is 0 Å². The van der Waals surface area contributed by atoms with Crippen molar-refractivity contribution in [3.63, 3.8) is 0 Å². The van der Waals surface area contributed by atoms with E-state index in [1.54, 1.807) is 61.5 Å². The van der Waals surface area contributed by atoms with Crippen LogP contribution in [0.4, 0.5) is 5.69 Å². The Morgan fingerprint density at radius 3 is 2.52 bits per heavy atom. The van der Waals surface area contributed by atoms with Gasteiger partial charge in [0.25, 0.3) is 15.9 Å². The fourth-order valence-corrected chi connectivity index (χ4v) is 4.45. The van der Waals surface area contributed by atoms with Crippen LogP contribution in [0.25, 0.3) is 0 Å². The number of anilines is 1. The smallest absolute Gasteiger partial charge is 0.262 e. The number of ether oxygens (including phenoxy) is 1. The van der Waals surface area contributed by atoms with Gasteiger partial charge in [-0.1, -0.05) is 41.9 Å². The van der Waals surface area contributed by atoms with E-state index in [2.05, 4.69) is 10.0 Å². The van der Waals surface area contributed by atoms with E-state index in [0.29, 0.717) is 22.0 Å². The van der Waals surface area contributed by atoms with E-state index in [-0.39, 0.29) is 23.6 Å². The molecule has 0 heterocycles. The van der Waals surface area contributed by atoms with Crippen molar-refractivity contribution in [1.82, 2.24) is 5.32 Å². The van der Waals surface area contributed by atoms with Crippen LogP contribution >= 0.6 is 11.6 Å². The number of hydrogen-bond acceptors (Lipinski definition) is 4. The van der Waals surface area contributed by atoms with E-state index < -0.39 is 15.9 Å². The van der Waals surface area contributed by atoms with Gasteiger partial charge in [-0.05, 0) is 61.4 Å². The van der Waals surface area contributed by atoms with Crippen LogP contribution in [0, 0.1) is 13.8 Å². The first-order valence-corrected chi connectivity index (χ1v) is 11.5. The lowest BCUT2D eigenvalue weighted by atomic mass is 10.1. The van der Waals surface area contributed by atoms with E-state index >= 15 is 0 Å². The largest absolute Gasteiger partial charge is 0.490 e. The number of aryl methyl sites for hydroxylation is 2. The topological polar surface area (TPSA) is 84.5 Å². The summed E-state index contributed by atoms with van der Waals surface area (Å²) in [4.78, 5) is 12.6. The summed E-state index contributed by atoms with van der Waals surface area (Å²) in [7, 11) is -3.85. The van der Waals surface area contributed by atoms with E-state index in [4.69, 9.17) is 16.3 Å². The highest BCUT2D eigenvalue weighted by molar-refractivity contribution is 7.92. The van der Waals surface area contributed by atoms with Gasteiger partial charge >= 0.3 is 0 Å². The van der Waals surface area contributed by atoms with Crippen molar-refractivity contribution < 1.29 is 17.9 Å². The zero-order valence-corrected chi connectivity index (χ0v) is 18.8. The molecule has 0 saturated heterocycles. The van der Waals surface area contributed by atoms with Gasteiger partial charge in [0.2, 0.25) is 0 Å². The summed E-state index contributed by atoms with van der Waals surface area (Å²) in [6, 6.07) is 18.7. The number of sulfonamides is 1. The van der Waals surface area contributed by atoms with Crippen LogP contribution in [-0.4, -0.2) is 27.5 Å². The van der Waals surface area contributed by atoms with Crippen LogP contribution in [0.15, 0.2) is 71.6 Å². The van der Waals surface area contributed by atoms with Gasteiger partial charge in [0, 0.05) is 11.3 Å². The van der Waals surface area contributed by atoms with Gasteiger partial charge in [-0.25, -0.2) is 8.42 Å². The van der Waals surface area contributed by atoms with Crippen molar-refractivity contribution in [1.29, 1.82) is 0 Å². The highest BCUT2D eigenvalue weighted by Gasteiger charge is 2.19. The quantitative estimate of drug-likeness (QED) is 0.484. The second-order valence-corrected chi connectivity index (χ2v) is 9.05. The van der Waals surface area contributed by atoms with E-state index in [9.17, 15) is 13.2 Å². The van der Waals surface area contributed by atoms with Crippen LogP contribution in [0.5, 0.6) is 5.75 Å². The molecular weight excluding hydrogens is 436 g/mol. The zero-order chi connectivity index (χ0) is 22.4. The maximum atomic E-state index is 12.9. The Bertz CT molecular complexity index is 1200. The minimum Gasteiger partial charge on any atom is -0.490 e. The molecule has 0 aliphatic rings. The molecule has 3 rings (SSSR count). The molecule has 3 aromatic carbocycles. The Morgan fingerprint density at radius 1 is 1.00 bits per heavy atom. The second kappa shape index (κ2) is 9.85. The number of rotatable bonds is 8. The number of nitrogens with one attached hydrogen (secondary N) is 2. The Labute approximate surface area is 187 Å². The van der Waals surface area contributed by atoms with E-state index in [1.807, 2.05) is 13.0 Å². The van der Waals surface area contributed by atoms with Crippen LogP contribution in [-0.2, 0) is 10.0 Å². The fraction of sp³-hybridized carbons (Fsp3) is 0.174. The number of amides is 1. The highest BCUT2D eigenvalue weighted by Crippen LogP contribution is 2.23. The first kappa shape index (κ1) is 22.7. The van der Waals surface area contributed by atoms with Crippen molar-refractivity contribution in [2.24, 2.45) is 0 Å². The molecule has 3 aromatic rings. The van der Waals surface area contributed by atoms with Gasteiger partial charge in [-0.3, -0.25) is 9.52 Å². The average Bonchev–Trinajstić information content (AvgIpc) is 2.72. The zero-order valence-electron chi connectivity index (χ0n) is 17.2. The summed E-state index contributed by atoms with van der Waals surface area (Å²) < 4.78 is 33.9. The Morgan fingerprint density at radius 2 is 1.77 bits per heavy atom. The molecular formula is C23H23ClN2O4S. The normalized spacial score (nSPS) is 11.1. The Hall–Kier alpha value is -3.03. The number of halogens is 1. The average molecular weight is 459 g/mol. The minimum atomic E-state index is -3.85. The third kappa shape index (κ3) is 5.99. The predicted molar refractivity (Wildman–Crippen MR) is 122 cm³/mol. The van der Waals surface area contributed by atoms with Crippen LogP contribution in [0.3, 0.4) is 0 Å². The SMILES string of the molecule is Cc1cccc(NS(=O)(=O)c2cc(C(=O)NCCOc3ccccc3Cl)ccc2C)c1. The number of carbonyl (C=O) groups excluding carboxylic acids is 1. The number of hydrogen-bond donors (Lipinski definition) is 2. The molecule has 1 amide bonds. The van der Waals surface area contributed by atoms with Gasteiger partial charge < -0.3 is 10.1 Å². The summed E-state index contributed by atoms with van der Waals surface area (Å²) in [6.07, 6.45) is 0.